The Morgan fingerprint density at radius 2 is 2.10 bits per heavy atom. The van der Waals surface area contributed by atoms with Crippen molar-refractivity contribution in [2.24, 2.45) is 5.92 Å². The second-order valence-electron chi connectivity index (χ2n) is 5.46. The molecule has 1 aliphatic carbocycles. The minimum Gasteiger partial charge on any atom is -0.481 e. The summed E-state index contributed by atoms with van der Waals surface area (Å²) in [5.41, 5.74) is 2.37. The van der Waals surface area contributed by atoms with Gasteiger partial charge in [0.25, 0.3) is 0 Å². The zero-order chi connectivity index (χ0) is 14.5. The maximum absolute atomic E-state index is 11.1. The lowest BCUT2D eigenvalue weighted by Crippen LogP contribution is -2.33. The third kappa shape index (κ3) is 3.26. The molecular weight excluding hydrogens is 254 g/mol. The second-order valence-corrected chi connectivity index (χ2v) is 5.46. The Labute approximate surface area is 120 Å². The van der Waals surface area contributed by atoms with Crippen molar-refractivity contribution in [3.63, 3.8) is 0 Å². The number of carboxylic acids is 1. The molecule has 0 saturated carbocycles. The van der Waals surface area contributed by atoms with E-state index in [1.807, 2.05) is 6.92 Å². The predicted molar refractivity (Wildman–Crippen MR) is 78.0 cm³/mol. The lowest BCUT2D eigenvalue weighted by atomic mass is 10.1. The van der Waals surface area contributed by atoms with E-state index in [0.29, 0.717) is 6.54 Å². The normalized spacial score (nSPS) is 16.1. The summed E-state index contributed by atoms with van der Waals surface area (Å²) in [5.74, 6) is -0.220. The van der Waals surface area contributed by atoms with Gasteiger partial charge in [0.15, 0.2) is 0 Å². The molecule has 1 aromatic rings. The lowest BCUT2D eigenvalue weighted by molar-refractivity contribution is -0.140. The maximum Gasteiger partial charge on any atom is 0.308 e. The molecule has 2 rings (SSSR count). The van der Waals surface area contributed by atoms with Crippen LogP contribution in [0.3, 0.4) is 0 Å². The number of aromatic nitrogens is 2. The fourth-order valence-corrected chi connectivity index (χ4v) is 2.73. The summed E-state index contributed by atoms with van der Waals surface area (Å²) in [6.45, 7) is 5.04. The molecule has 0 radical (unpaired) electrons. The molecule has 5 heteroatoms. The smallest absolute Gasteiger partial charge is 0.308 e. The SMILES string of the molecule is CCN(CC(C)C(=O)O)c1ncnc2c1CCCCC2. The third-order valence-corrected chi connectivity index (χ3v) is 3.95. The highest BCUT2D eigenvalue weighted by Crippen LogP contribution is 2.26. The Morgan fingerprint density at radius 3 is 2.80 bits per heavy atom. The molecule has 20 heavy (non-hydrogen) atoms. The molecule has 110 valence electrons. The van der Waals surface area contributed by atoms with E-state index in [1.165, 1.54) is 24.8 Å². The highest BCUT2D eigenvalue weighted by molar-refractivity contribution is 5.70. The number of aryl methyl sites for hydroxylation is 1. The van der Waals surface area contributed by atoms with Crippen LogP contribution < -0.4 is 4.90 Å². The molecule has 0 aromatic carbocycles. The molecule has 1 aliphatic rings. The Morgan fingerprint density at radius 1 is 1.35 bits per heavy atom. The molecule has 1 unspecified atom stereocenters. The average Bonchev–Trinajstić information content (AvgIpc) is 2.69. The first-order valence-electron chi connectivity index (χ1n) is 7.44. The largest absolute Gasteiger partial charge is 0.481 e. The van der Waals surface area contributed by atoms with E-state index in [-0.39, 0.29) is 0 Å². The minimum atomic E-state index is -0.761. The summed E-state index contributed by atoms with van der Waals surface area (Å²) >= 11 is 0. The molecule has 0 saturated heterocycles. The van der Waals surface area contributed by atoms with Crippen molar-refractivity contribution in [3.8, 4) is 0 Å². The van der Waals surface area contributed by atoms with Crippen LogP contribution in [0, 0.1) is 5.92 Å². The van der Waals surface area contributed by atoms with Gasteiger partial charge in [-0.05, 0) is 32.6 Å². The van der Waals surface area contributed by atoms with Crippen LogP contribution >= 0.6 is 0 Å². The molecule has 0 spiro atoms. The van der Waals surface area contributed by atoms with Gasteiger partial charge in [-0.3, -0.25) is 4.79 Å². The van der Waals surface area contributed by atoms with Crippen molar-refractivity contribution < 1.29 is 9.90 Å². The van der Waals surface area contributed by atoms with Crippen LogP contribution in [0.5, 0.6) is 0 Å². The number of hydrogen-bond donors (Lipinski definition) is 1. The number of fused-ring (bicyclic) bond motifs is 1. The summed E-state index contributed by atoms with van der Waals surface area (Å²) in [4.78, 5) is 22.0. The van der Waals surface area contributed by atoms with E-state index in [9.17, 15) is 4.79 Å². The number of carboxylic acid groups (broad SMARTS) is 1. The maximum atomic E-state index is 11.1. The summed E-state index contributed by atoms with van der Waals surface area (Å²) in [7, 11) is 0. The van der Waals surface area contributed by atoms with Crippen molar-refractivity contribution in [1.29, 1.82) is 0 Å². The van der Waals surface area contributed by atoms with E-state index in [2.05, 4.69) is 14.9 Å². The van der Waals surface area contributed by atoms with Gasteiger partial charge < -0.3 is 10.0 Å². The molecule has 1 N–H and O–H groups in total. The van der Waals surface area contributed by atoms with Gasteiger partial charge in [0.1, 0.15) is 12.1 Å². The number of hydrogen-bond acceptors (Lipinski definition) is 4. The molecule has 1 heterocycles. The summed E-state index contributed by atoms with van der Waals surface area (Å²) in [5, 5.41) is 9.10. The Kier molecular flexibility index (Phi) is 4.93. The second kappa shape index (κ2) is 6.68. The van der Waals surface area contributed by atoms with Crippen LogP contribution in [-0.4, -0.2) is 34.1 Å². The molecule has 0 bridgehead atoms. The molecule has 1 atom stereocenters. The lowest BCUT2D eigenvalue weighted by Gasteiger charge is -2.26. The van der Waals surface area contributed by atoms with Gasteiger partial charge >= 0.3 is 5.97 Å². The van der Waals surface area contributed by atoms with Crippen LogP contribution in [-0.2, 0) is 17.6 Å². The number of anilines is 1. The van der Waals surface area contributed by atoms with Crippen molar-refractivity contribution in [2.75, 3.05) is 18.0 Å². The van der Waals surface area contributed by atoms with E-state index in [0.717, 1.165) is 30.9 Å². The highest BCUT2D eigenvalue weighted by Gasteiger charge is 2.21. The van der Waals surface area contributed by atoms with E-state index in [1.54, 1.807) is 13.3 Å². The number of rotatable bonds is 5. The van der Waals surface area contributed by atoms with Crippen molar-refractivity contribution >= 4 is 11.8 Å². The van der Waals surface area contributed by atoms with Gasteiger partial charge in [-0.1, -0.05) is 13.3 Å². The van der Waals surface area contributed by atoms with Crippen molar-refractivity contribution in [3.05, 3.63) is 17.6 Å². The molecule has 5 nitrogen and oxygen atoms in total. The zero-order valence-corrected chi connectivity index (χ0v) is 12.3. The predicted octanol–water partition coefficient (Wildman–Crippen LogP) is 2.29. The van der Waals surface area contributed by atoms with Gasteiger partial charge in [0.05, 0.1) is 5.92 Å². The molecule has 0 fully saturated rings. The van der Waals surface area contributed by atoms with Gasteiger partial charge in [0, 0.05) is 24.3 Å². The fourth-order valence-electron chi connectivity index (χ4n) is 2.73. The number of carbonyl (C=O) groups is 1. The molecular formula is C15H23N3O2. The Balaban J connectivity index is 2.27. The first-order chi connectivity index (χ1) is 9.63. The van der Waals surface area contributed by atoms with Gasteiger partial charge in [-0.25, -0.2) is 9.97 Å². The standard InChI is InChI=1S/C15H23N3O2/c1-3-18(9-11(2)15(19)20)14-12-7-5-4-6-8-13(12)16-10-17-14/h10-11H,3-9H2,1-2H3,(H,19,20). The third-order valence-electron chi connectivity index (χ3n) is 3.95. The van der Waals surface area contributed by atoms with Gasteiger partial charge in [-0.2, -0.15) is 0 Å². The number of aliphatic carboxylic acids is 1. The van der Waals surface area contributed by atoms with E-state index in [4.69, 9.17) is 5.11 Å². The Hall–Kier alpha value is -1.65. The molecule has 0 aliphatic heterocycles. The number of nitrogens with zero attached hydrogens (tertiary/aromatic N) is 3. The van der Waals surface area contributed by atoms with Crippen LogP contribution in [0.1, 0.15) is 44.4 Å². The van der Waals surface area contributed by atoms with Crippen LogP contribution in [0.15, 0.2) is 6.33 Å². The van der Waals surface area contributed by atoms with Crippen LogP contribution in [0.4, 0.5) is 5.82 Å². The summed E-state index contributed by atoms with van der Waals surface area (Å²) in [6.07, 6.45) is 7.21. The minimum absolute atomic E-state index is 0.397. The quantitative estimate of drug-likeness (QED) is 0.836. The highest BCUT2D eigenvalue weighted by atomic mass is 16.4. The molecule has 1 aromatic heterocycles. The first kappa shape index (κ1) is 14.8. The Bertz CT molecular complexity index is 476. The monoisotopic (exact) mass is 277 g/mol. The summed E-state index contributed by atoms with van der Waals surface area (Å²) < 4.78 is 0. The van der Waals surface area contributed by atoms with E-state index < -0.39 is 11.9 Å². The van der Waals surface area contributed by atoms with E-state index >= 15 is 0 Å². The van der Waals surface area contributed by atoms with Crippen molar-refractivity contribution in [2.45, 2.75) is 46.0 Å². The van der Waals surface area contributed by atoms with Crippen LogP contribution in [0.2, 0.25) is 0 Å². The fraction of sp³-hybridized carbons (Fsp3) is 0.667. The summed E-state index contributed by atoms with van der Waals surface area (Å²) in [6, 6.07) is 0. The first-order valence-corrected chi connectivity index (χ1v) is 7.44. The van der Waals surface area contributed by atoms with Gasteiger partial charge in [-0.15, -0.1) is 0 Å². The van der Waals surface area contributed by atoms with Crippen LogP contribution in [0.25, 0.3) is 0 Å². The van der Waals surface area contributed by atoms with Gasteiger partial charge in [0.2, 0.25) is 0 Å². The van der Waals surface area contributed by atoms with Crippen molar-refractivity contribution in [1.82, 2.24) is 9.97 Å². The average molecular weight is 277 g/mol. The topological polar surface area (TPSA) is 66.3 Å². The molecule has 0 amide bonds. The zero-order valence-electron chi connectivity index (χ0n) is 12.3.